The number of ether oxygens (including phenoxy) is 2. The van der Waals surface area contributed by atoms with Gasteiger partial charge < -0.3 is 9.47 Å². The number of thiazole rings is 1. The Bertz CT molecular complexity index is 806. The molecule has 1 amide bonds. The van der Waals surface area contributed by atoms with Gasteiger partial charge in [0.2, 0.25) is 0 Å². The highest BCUT2D eigenvalue weighted by Crippen LogP contribution is 2.26. The van der Waals surface area contributed by atoms with Gasteiger partial charge >= 0.3 is 5.97 Å². The van der Waals surface area contributed by atoms with Crippen molar-refractivity contribution in [3.8, 4) is 5.75 Å². The van der Waals surface area contributed by atoms with Crippen LogP contribution in [0.4, 0.5) is 5.13 Å². The van der Waals surface area contributed by atoms with Crippen LogP contribution in [0.3, 0.4) is 0 Å². The molecule has 1 aromatic carbocycles. The number of nitrogens with zero attached hydrogens (tertiary/aromatic N) is 1. The van der Waals surface area contributed by atoms with Crippen LogP contribution in [0.25, 0.3) is 0 Å². The predicted molar refractivity (Wildman–Crippen MR) is 107 cm³/mol. The maximum Gasteiger partial charge on any atom is 0.350 e. The molecule has 2 aromatic rings. The van der Waals surface area contributed by atoms with E-state index in [1.807, 2.05) is 24.3 Å². The van der Waals surface area contributed by atoms with Crippen LogP contribution in [0.15, 0.2) is 24.3 Å². The Balaban J connectivity index is 2.00. The molecule has 0 aliphatic rings. The molecule has 1 N–H and O–H groups in total. The number of hydrogen-bond donors (Lipinski definition) is 1. The highest BCUT2D eigenvalue weighted by Gasteiger charge is 2.21. The molecule has 0 aliphatic heterocycles. The van der Waals surface area contributed by atoms with Crippen LogP contribution in [0, 0.1) is 6.92 Å². The summed E-state index contributed by atoms with van der Waals surface area (Å²) in [6, 6.07) is 7.71. The monoisotopic (exact) mass is 390 g/mol. The first kappa shape index (κ1) is 20.9. The first-order chi connectivity index (χ1) is 12.6. The van der Waals surface area contributed by atoms with Gasteiger partial charge in [0, 0.05) is 0 Å². The van der Waals surface area contributed by atoms with Gasteiger partial charge in [0.25, 0.3) is 5.91 Å². The average molecular weight is 391 g/mol. The van der Waals surface area contributed by atoms with Gasteiger partial charge in [0.15, 0.2) is 11.2 Å². The third-order valence-electron chi connectivity index (χ3n) is 3.89. The van der Waals surface area contributed by atoms with Crippen LogP contribution in [-0.4, -0.2) is 29.6 Å². The van der Waals surface area contributed by atoms with E-state index >= 15 is 0 Å². The van der Waals surface area contributed by atoms with E-state index in [-0.39, 0.29) is 17.9 Å². The second-order valence-corrected chi connectivity index (χ2v) is 8.18. The zero-order chi connectivity index (χ0) is 20.2. The zero-order valence-corrected chi connectivity index (χ0v) is 17.4. The Morgan fingerprint density at radius 3 is 2.41 bits per heavy atom. The van der Waals surface area contributed by atoms with Crippen LogP contribution in [-0.2, 0) is 14.9 Å². The van der Waals surface area contributed by atoms with Crippen LogP contribution in [0.5, 0.6) is 5.75 Å². The molecule has 0 spiro atoms. The highest BCUT2D eigenvalue weighted by molar-refractivity contribution is 7.17. The summed E-state index contributed by atoms with van der Waals surface area (Å²) in [5.41, 5.74) is 1.78. The smallest absolute Gasteiger partial charge is 0.350 e. The second-order valence-electron chi connectivity index (χ2n) is 7.18. The molecule has 146 valence electrons. The number of rotatable bonds is 6. The van der Waals surface area contributed by atoms with Crippen molar-refractivity contribution in [1.29, 1.82) is 0 Å². The van der Waals surface area contributed by atoms with Crippen molar-refractivity contribution >= 4 is 28.3 Å². The summed E-state index contributed by atoms with van der Waals surface area (Å²) in [5, 5.41) is 3.04. The van der Waals surface area contributed by atoms with Crippen molar-refractivity contribution in [2.45, 2.75) is 53.1 Å². The lowest BCUT2D eigenvalue weighted by atomic mass is 9.87. The predicted octanol–water partition coefficient (Wildman–Crippen LogP) is 4.33. The average Bonchev–Trinajstić information content (AvgIpc) is 2.95. The molecule has 0 fully saturated rings. The Kier molecular flexibility index (Phi) is 6.59. The summed E-state index contributed by atoms with van der Waals surface area (Å²) < 4.78 is 10.7. The Labute approximate surface area is 163 Å². The van der Waals surface area contributed by atoms with Gasteiger partial charge in [-0.1, -0.05) is 44.2 Å². The van der Waals surface area contributed by atoms with Crippen LogP contribution < -0.4 is 10.1 Å². The van der Waals surface area contributed by atoms with E-state index in [4.69, 9.17) is 9.47 Å². The number of carbonyl (C=O) groups excluding carboxylic acids is 2. The Morgan fingerprint density at radius 2 is 1.85 bits per heavy atom. The normalized spacial score (nSPS) is 12.4. The quantitative estimate of drug-likeness (QED) is 0.743. The number of esters is 1. The largest absolute Gasteiger partial charge is 0.481 e. The number of benzene rings is 1. The zero-order valence-electron chi connectivity index (χ0n) is 16.6. The summed E-state index contributed by atoms with van der Waals surface area (Å²) in [6.45, 7) is 11.8. The van der Waals surface area contributed by atoms with E-state index in [9.17, 15) is 9.59 Å². The van der Waals surface area contributed by atoms with Crippen molar-refractivity contribution in [3.63, 3.8) is 0 Å². The SMILES string of the molecule is CCOC(=O)c1sc(NC(=O)C(C)Oc2ccc(C(C)(C)C)cc2)nc1C. The fourth-order valence-corrected chi connectivity index (χ4v) is 3.20. The Hall–Kier alpha value is -2.41. The number of aromatic nitrogens is 1. The van der Waals surface area contributed by atoms with Crippen LogP contribution in [0.2, 0.25) is 0 Å². The van der Waals surface area contributed by atoms with Crippen LogP contribution in [0.1, 0.15) is 55.5 Å². The van der Waals surface area contributed by atoms with Crippen molar-refractivity contribution in [1.82, 2.24) is 4.98 Å². The van der Waals surface area contributed by atoms with Gasteiger partial charge in [0.1, 0.15) is 10.6 Å². The molecule has 1 aromatic heterocycles. The minimum atomic E-state index is -0.708. The molecule has 27 heavy (non-hydrogen) atoms. The summed E-state index contributed by atoms with van der Waals surface area (Å²) in [4.78, 5) is 28.8. The lowest BCUT2D eigenvalue weighted by Gasteiger charge is -2.20. The summed E-state index contributed by atoms with van der Waals surface area (Å²) in [6.07, 6.45) is -0.708. The van der Waals surface area contributed by atoms with E-state index in [2.05, 4.69) is 31.1 Å². The molecule has 0 bridgehead atoms. The number of carbonyl (C=O) groups is 2. The number of nitrogens with one attached hydrogen (secondary N) is 1. The first-order valence-corrected chi connectivity index (χ1v) is 9.66. The maximum atomic E-state index is 12.4. The summed E-state index contributed by atoms with van der Waals surface area (Å²) >= 11 is 1.09. The molecule has 1 heterocycles. The Morgan fingerprint density at radius 1 is 1.22 bits per heavy atom. The number of anilines is 1. The highest BCUT2D eigenvalue weighted by atomic mass is 32.1. The van der Waals surface area contributed by atoms with Gasteiger partial charge in [0.05, 0.1) is 12.3 Å². The summed E-state index contributed by atoms with van der Waals surface area (Å²) in [7, 11) is 0. The topological polar surface area (TPSA) is 77.5 Å². The van der Waals surface area contributed by atoms with Gasteiger partial charge in [-0.3, -0.25) is 10.1 Å². The summed E-state index contributed by atoms with van der Waals surface area (Å²) in [5.74, 6) is -0.150. The lowest BCUT2D eigenvalue weighted by molar-refractivity contribution is -0.122. The van der Waals surface area contributed by atoms with Crippen molar-refractivity contribution in [3.05, 3.63) is 40.4 Å². The fraction of sp³-hybridized carbons (Fsp3) is 0.450. The first-order valence-electron chi connectivity index (χ1n) is 8.84. The molecule has 0 aliphatic carbocycles. The molecule has 0 saturated carbocycles. The van der Waals surface area contributed by atoms with E-state index in [1.165, 1.54) is 5.56 Å². The molecule has 1 unspecified atom stereocenters. The number of hydrogen-bond acceptors (Lipinski definition) is 6. The number of amides is 1. The molecular formula is C20H26N2O4S. The molecule has 0 radical (unpaired) electrons. The molecule has 1 atom stereocenters. The minimum Gasteiger partial charge on any atom is -0.481 e. The van der Waals surface area contributed by atoms with E-state index in [1.54, 1.807) is 20.8 Å². The van der Waals surface area contributed by atoms with Crippen molar-refractivity contribution in [2.75, 3.05) is 11.9 Å². The van der Waals surface area contributed by atoms with Gasteiger partial charge in [-0.15, -0.1) is 0 Å². The molecule has 0 saturated heterocycles. The fourth-order valence-electron chi connectivity index (χ4n) is 2.33. The lowest BCUT2D eigenvalue weighted by Crippen LogP contribution is -2.30. The van der Waals surface area contributed by atoms with Crippen molar-refractivity contribution < 1.29 is 19.1 Å². The van der Waals surface area contributed by atoms with E-state index < -0.39 is 12.1 Å². The second kappa shape index (κ2) is 8.52. The van der Waals surface area contributed by atoms with E-state index in [0.29, 0.717) is 21.5 Å². The standard InChI is InChI=1S/C20H26N2O4S/c1-7-25-18(24)16-12(2)21-19(27-16)22-17(23)13(3)26-15-10-8-14(9-11-15)20(4,5)6/h8-11,13H,7H2,1-6H3,(H,21,22,23). The molecular weight excluding hydrogens is 364 g/mol. The van der Waals surface area contributed by atoms with Gasteiger partial charge in [-0.25, -0.2) is 9.78 Å². The maximum absolute atomic E-state index is 12.4. The number of aryl methyl sites for hydroxylation is 1. The third kappa shape index (κ3) is 5.53. The van der Waals surface area contributed by atoms with Gasteiger partial charge in [-0.2, -0.15) is 0 Å². The minimum absolute atomic E-state index is 0.0564. The van der Waals surface area contributed by atoms with E-state index in [0.717, 1.165) is 11.3 Å². The van der Waals surface area contributed by atoms with Crippen molar-refractivity contribution in [2.24, 2.45) is 0 Å². The van der Waals surface area contributed by atoms with Gasteiger partial charge in [-0.05, 0) is 43.9 Å². The van der Waals surface area contributed by atoms with Crippen LogP contribution >= 0.6 is 11.3 Å². The third-order valence-corrected chi connectivity index (χ3v) is 4.94. The molecule has 7 heteroatoms. The molecule has 2 rings (SSSR count). The molecule has 6 nitrogen and oxygen atoms in total.